The third kappa shape index (κ3) is 1.87. The zero-order valence-corrected chi connectivity index (χ0v) is 15.7. The van der Waals surface area contributed by atoms with E-state index in [2.05, 4.69) is 78.5 Å². The van der Waals surface area contributed by atoms with Crippen LogP contribution >= 0.6 is 0 Å². The van der Waals surface area contributed by atoms with Crippen LogP contribution in [0.4, 0.5) is 0 Å². The Bertz CT molecular complexity index is 1640. The van der Waals surface area contributed by atoms with Crippen LogP contribution in [0.25, 0.3) is 54.1 Å². The fourth-order valence-corrected chi connectivity index (χ4v) is 4.58. The predicted octanol–water partition coefficient (Wildman–Crippen LogP) is 6.00. The molecule has 0 saturated heterocycles. The van der Waals surface area contributed by atoms with Gasteiger partial charge in [-0.25, -0.2) is 0 Å². The molecule has 28 heavy (non-hydrogen) atoms. The quantitative estimate of drug-likeness (QED) is 0.306. The van der Waals surface area contributed by atoms with Gasteiger partial charge in [0.05, 0.1) is 0 Å². The van der Waals surface area contributed by atoms with Crippen molar-refractivity contribution in [2.24, 2.45) is 14.1 Å². The van der Waals surface area contributed by atoms with Gasteiger partial charge < -0.3 is 9.13 Å². The van der Waals surface area contributed by atoms with Gasteiger partial charge in [-0.15, -0.1) is 0 Å². The van der Waals surface area contributed by atoms with Crippen molar-refractivity contribution in [3.05, 3.63) is 72.6 Å². The topological polar surface area (TPSA) is 33.6 Å². The molecule has 0 aliphatic rings. The fraction of sp³-hybridized carbons (Fsp3) is 0.0800. The summed E-state index contributed by atoms with van der Waals surface area (Å²) in [6, 6.07) is 24.3. The van der Waals surface area contributed by atoms with E-state index in [9.17, 15) is 5.26 Å². The van der Waals surface area contributed by atoms with Gasteiger partial charge in [-0.3, -0.25) is 0 Å². The van der Waals surface area contributed by atoms with Gasteiger partial charge in [0.25, 0.3) is 0 Å². The number of hydrogen-bond donors (Lipinski definition) is 0. The summed E-state index contributed by atoms with van der Waals surface area (Å²) < 4.78 is 4.15. The standard InChI is InChI=1S/C25H17N3/c1-27-8-7-17-9-15-3-5-21-20(22(15)12-24(17)27)6-4-16-10-18-11-19(14-26)28(2)25(18)13-23(16)21/h3-13H,1-2H3. The third-order valence-electron chi connectivity index (χ3n) is 6.11. The minimum atomic E-state index is 0.686. The van der Waals surface area contributed by atoms with E-state index in [4.69, 9.17) is 0 Å². The largest absolute Gasteiger partial charge is 0.351 e. The van der Waals surface area contributed by atoms with Crippen molar-refractivity contribution in [1.29, 1.82) is 5.26 Å². The van der Waals surface area contributed by atoms with Crippen molar-refractivity contribution in [1.82, 2.24) is 9.13 Å². The average Bonchev–Trinajstić information content (AvgIpc) is 3.23. The van der Waals surface area contributed by atoms with Crippen LogP contribution in [0.1, 0.15) is 5.69 Å². The molecule has 0 N–H and O–H groups in total. The van der Waals surface area contributed by atoms with Crippen molar-refractivity contribution < 1.29 is 0 Å². The smallest absolute Gasteiger partial charge is 0.121 e. The summed E-state index contributed by atoms with van der Waals surface area (Å²) in [7, 11) is 4.05. The zero-order chi connectivity index (χ0) is 19.0. The lowest BCUT2D eigenvalue weighted by atomic mass is 9.95. The normalized spacial score (nSPS) is 11.9. The maximum Gasteiger partial charge on any atom is 0.121 e. The van der Waals surface area contributed by atoms with Crippen molar-refractivity contribution in [3.63, 3.8) is 0 Å². The van der Waals surface area contributed by atoms with Gasteiger partial charge in [-0.05, 0) is 68.7 Å². The summed E-state index contributed by atoms with van der Waals surface area (Å²) >= 11 is 0. The maximum atomic E-state index is 9.37. The number of rotatable bonds is 0. The van der Waals surface area contributed by atoms with Crippen LogP contribution in [0.2, 0.25) is 0 Å². The van der Waals surface area contributed by atoms with E-state index in [0.29, 0.717) is 5.69 Å². The Hall–Kier alpha value is -3.77. The van der Waals surface area contributed by atoms with Crippen LogP contribution in [0.15, 0.2) is 66.9 Å². The summed E-state index contributed by atoms with van der Waals surface area (Å²) in [5.41, 5.74) is 3.03. The van der Waals surface area contributed by atoms with Gasteiger partial charge >= 0.3 is 0 Å². The molecule has 2 heterocycles. The van der Waals surface area contributed by atoms with Gasteiger partial charge in [0.1, 0.15) is 11.8 Å². The molecule has 0 aliphatic carbocycles. The van der Waals surface area contributed by atoms with Crippen LogP contribution in [0.5, 0.6) is 0 Å². The molecule has 2 aromatic heterocycles. The number of hydrogen-bond acceptors (Lipinski definition) is 1. The number of aryl methyl sites for hydroxylation is 2. The molecule has 3 nitrogen and oxygen atoms in total. The van der Waals surface area contributed by atoms with Crippen LogP contribution < -0.4 is 0 Å². The molecule has 6 aromatic rings. The highest BCUT2D eigenvalue weighted by atomic mass is 14.9. The number of aromatic nitrogens is 2. The van der Waals surface area contributed by atoms with E-state index in [-0.39, 0.29) is 0 Å². The molecule has 0 unspecified atom stereocenters. The Morgan fingerprint density at radius 2 is 1.29 bits per heavy atom. The Morgan fingerprint density at radius 1 is 0.643 bits per heavy atom. The van der Waals surface area contributed by atoms with Crippen LogP contribution in [0, 0.1) is 11.3 Å². The maximum absolute atomic E-state index is 9.37. The molecule has 0 aliphatic heterocycles. The molecule has 0 bridgehead atoms. The molecule has 0 fully saturated rings. The number of benzene rings is 4. The lowest BCUT2D eigenvalue weighted by molar-refractivity contribution is 0.948. The zero-order valence-electron chi connectivity index (χ0n) is 15.7. The second kappa shape index (κ2) is 5.15. The first-order valence-electron chi connectivity index (χ1n) is 9.38. The van der Waals surface area contributed by atoms with E-state index < -0.39 is 0 Å². The van der Waals surface area contributed by atoms with Crippen LogP contribution in [-0.4, -0.2) is 9.13 Å². The first kappa shape index (κ1) is 15.3. The molecular formula is C25H17N3. The minimum absolute atomic E-state index is 0.686. The molecule has 0 amide bonds. The molecule has 3 heteroatoms. The van der Waals surface area contributed by atoms with E-state index in [1.165, 1.54) is 43.2 Å². The number of nitriles is 1. The molecule has 132 valence electrons. The highest BCUT2D eigenvalue weighted by molar-refractivity contribution is 6.20. The highest BCUT2D eigenvalue weighted by Gasteiger charge is 2.11. The van der Waals surface area contributed by atoms with Crippen molar-refractivity contribution in [3.8, 4) is 6.07 Å². The molecule has 6 rings (SSSR count). The number of fused-ring (bicyclic) bond motifs is 7. The van der Waals surface area contributed by atoms with Crippen molar-refractivity contribution >= 4 is 54.1 Å². The molecule has 4 aromatic carbocycles. The Morgan fingerprint density at radius 3 is 1.96 bits per heavy atom. The van der Waals surface area contributed by atoms with Gasteiger partial charge in [-0.2, -0.15) is 5.26 Å². The van der Waals surface area contributed by atoms with Gasteiger partial charge in [0, 0.05) is 42.1 Å². The van der Waals surface area contributed by atoms with E-state index in [1.54, 1.807) is 0 Å². The van der Waals surface area contributed by atoms with Gasteiger partial charge in [-0.1, -0.05) is 24.3 Å². The summed E-state index contributed by atoms with van der Waals surface area (Å²) in [5.74, 6) is 0. The molecule has 0 saturated carbocycles. The van der Waals surface area contributed by atoms with Gasteiger partial charge in [0.15, 0.2) is 0 Å². The number of nitrogens with zero attached hydrogens (tertiary/aromatic N) is 3. The summed E-state index contributed by atoms with van der Waals surface area (Å²) in [6.45, 7) is 0. The monoisotopic (exact) mass is 359 g/mol. The lowest BCUT2D eigenvalue weighted by Gasteiger charge is -2.10. The Kier molecular flexibility index (Phi) is 2.81. The second-order valence-corrected chi connectivity index (χ2v) is 7.62. The Labute approximate surface area is 161 Å². The van der Waals surface area contributed by atoms with Gasteiger partial charge in [0.2, 0.25) is 0 Å². The molecule has 0 radical (unpaired) electrons. The van der Waals surface area contributed by atoms with Crippen LogP contribution in [-0.2, 0) is 14.1 Å². The second-order valence-electron chi connectivity index (χ2n) is 7.62. The first-order valence-corrected chi connectivity index (χ1v) is 9.38. The molecular weight excluding hydrogens is 342 g/mol. The SMILES string of the molecule is Cn1ccc2cc3ccc4c5cc6c(cc(C#N)n6C)cc5ccc4c3cc21. The third-order valence-corrected chi connectivity index (χ3v) is 6.11. The minimum Gasteiger partial charge on any atom is -0.351 e. The summed E-state index contributed by atoms with van der Waals surface area (Å²) in [6.07, 6.45) is 2.11. The van der Waals surface area contributed by atoms with Crippen molar-refractivity contribution in [2.45, 2.75) is 0 Å². The van der Waals surface area contributed by atoms with Crippen molar-refractivity contribution in [2.75, 3.05) is 0 Å². The summed E-state index contributed by atoms with van der Waals surface area (Å²) in [4.78, 5) is 0. The first-order chi connectivity index (χ1) is 13.6. The predicted molar refractivity (Wildman–Crippen MR) is 117 cm³/mol. The molecule has 0 spiro atoms. The van der Waals surface area contributed by atoms with E-state index in [0.717, 1.165) is 10.9 Å². The Balaban J connectivity index is 1.78. The average molecular weight is 359 g/mol. The molecule has 0 atom stereocenters. The summed E-state index contributed by atoms with van der Waals surface area (Å²) in [5, 5.41) is 19.2. The van der Waals surface area contributed by atoms with E-state index in [1.807, 2.05) is 17.7 Å². The fourth-order valence-electron chi connectivity index (χ4n) is 4.58. The highest BCUT2D eigenvalue weighted by Crippen LogP contribution is 2.35. The van der Waals surface area contributed by atoms with E-state index >= 15 is 0 Å². The van der Waals surface area contributed by atoms with Crippen LogP contribution in [0.3, 0.4) is 0 Å². The lowest BCUT2D eigenvalue weighted by Crippen LogP contribution is -1.90.